The summed E-state index contributed by atoms with van der Waals surface area (Å²) in [6.45, 7) is 0. The Morgan fingerprint density at radius 2 is 1.29 bits per heavy atom. The van der Waals surface area contributed by atoms with Gasteiger partial charge in [0.15, 0.2) is 11.9 Å². The molecule has 0 N–H and O–H groups in total. The number of allylic oxidation sites excluding steroid dienone is 1. The fraction of sp³-hybridized carbons (Fsp3) is 0.667. The molecule has 102 valence electrons. The first-order chi connectivity index (χ1) is 7.26. The van der Waals surface area contributed by atoms with E-state index in [9.17, 15) is 0 Å². The van der Waals surface area contributed by atoms with Gasteiger partial charge in [0.2, 0.25) is 0 Å². The average Bonchev–Trinajstić information content (AvgIpc) is 2.13. The minimum absolute atomic E-state index is 0.0805. The highest BCUT2D eigenvalue weighted by atomic mass is 79.9. The van der Waals surface area contributed by atoms with Crippen molar-refractivity contribution in [2.75, 3.05) is 0 Å². The van der Waals surface area contributed by atoms with Crippen LogP contribution in [0.2, 0.25) is 0 Å². The number of halogens is 11. The Kier molecular flexibility index (Phi) is 8.42. The first-order valence-electron chi connectivity index (χ1n) is 3.44. The lowest BCUT2D eigenvalue weighted by Crippen LogP contribution is -2.49. The van der Waals surface area contributed by atoms with Crippen LogP contribution in [0.1, 0.15) is 0 Å². The van der Waals surface area contributed by atoms with Crippen molar-refractivity contribution in [1.82, 2.24) is 0 Å². The van der Waals surface area contributed by atoms with Crippen LogP contribution in [0.5, 0.6) is 0 Å². The quantitative estimate of drug-likeness (QED) is 0.317. The Morgan fingerprint density at radius 3 is 1.53 bits per heavy atom. The molecule has 1 atom stereocenters. The molecule has 0 aromatic carbocycles. The Bertz CT molecular complexity index is 314. The second kappa shape index (κ2) is 7.05. The zero-order valence-electron chi connectivity index (χ0n) is 7.23. The predicted octanol–water partition coefficient (Wildman–Crippen LogP) is 7.51. The maximum atomic E-state index is 5.97. The number of rotatable bonds is 4. The highest BCUT2D eigenvalue weighted by molar-refractivity contribution is 9.12. The smallest absolute Gasteiger partial charge is 0.115 e. The summed E-state index contributed by atoms with van der Waals surface area (Å²) >= 11 is 58.3. The summed E-state index contributed by atoms with van der Waals surface area (Å²) in [6.07, 6.45) is 0. The summed E-state index contributed by atoms with van der Waals surface area (Å²) < 4.78 is -5.82. The minimum atomic E-state index is -2.03. The van der Waals surface area contributed by atoms with Crippen molar-refractivity contribution in [3.63, 3.8) is 0 Å². The van der Waals surface area contributed by atoms with Gasteiger partial charge in [-0.2, -0.15) is 0 Å². The van der Waals surface area contributed by atoms with Gasteiger partial charge in [-0.3, -0.25) is 0 Å². The van der Waals surface area contributed by atoms with Gasteiger partial charge in [-0.25, -0.2) is 0 Å². The van der Waals surface area contributed by atoms with Gasteiger partial charge in [0, 0.05) is 0 Å². The molecule has 0 aliphatic heterocycles. The number of hydrogen-bond acceptors (Lipinski definition) is 0. The van der Waals surface area contributed by atoms with Crippen LogP contribution in [0, 0.1) is 0 Å². The second-order valence-electron chi connectivity index (χ2n) is 2.68. The molecule has 0 saturated carbocycles. The van der Waals surface area contributed by atoms with Crippen molar-refractivity contribution in [3.8, 4) is 0 Å². The van der Waals surface area contributed by atoms with E-state index in [4.69, 9.17) is 104 Å². The molecule has 11 heteroatoms. The molecule has 0 nitrogen and oxygen atoms in total. The molecule has 0 saturated heterocycles. The monoisotopic (exact) mass is 546 g/mol. The lowest BCUT2D eigenvalue weighted by Gasteiger charge is -2.38. The molecule has 17 heavy (non-hydrogen) atoms. The van der Waals surface area contributed by atoms with Crippen molar-refractivity contribution >= 4 is 136 Å². The highest BCUT2D eigenvalue weighted by Crippen LogP contribution is 2.58. The van der Waals surface area contributed by atoms with Crippen LogP contribution in [0.25, 0.3) is 0 Å². The van der Waals surface area contributed by atoms with Crippen molar-refractivity contribution in [2.45, 2.75) is 17.3 Å². The molecule has 0 bridgehead atoms. The van der Waals surface area contributed by atoms with Crippen molar-refractivity contribution < 1.29 is 0 Å². The van der Waals surface area contributed by atoms with Crippen LogP contribution in [-0.4, -0.2) is 17.3 Å². The van der Waals surface area contributed by atoms with Gasteiger partial charge >= 0.3 is 0 Å². The first kappa shape index (κ1) is 20.3. The van der Waals surface area contributed by atoms with Crippen LogP contribution < -0.4 is 0 Å². The summed E-state index contributed by atoms with van der Waals surface area (Å²) in [4.78, 5) is 0. The van der Waals surface area contributed by atoms with Gasteiger partial charge in [-0.15, -0.1) is 11.6 Å². The summed E-state index contributed by atoms with van der Waals surface area (Å²) in [6, 6.07) is 0. The zero-order valence-corrected chi connectivity index (χ0v) is 17.2. The Labute approximate surface area is 160 Å². The molecule has 0 radical (unpaired) electrons. The van der Waals surface area contributed by atoms with E-state index in [2.05, 4.69) is 31.9 Å². The summed E-state index contributed by atoms with van der Waals surface area (Å²) in [5, 5.41) is -1.57. The highest BCUT2D eigenvalue weighted by Gasteiger charge is 2.59. The number of hydrogen-bond donors (Lipinski definition) is 0. The van der Waals surface area contributed by atoms with E-state index < -0.39 is 17.3 Å². The first-order valence-corrected chi connectivity index (χ1v) is 8.48. The average molecular weight is 552 g/mol. The van der Waals surface area contributed by atoms with Crippen LogP contribution in [-0.2, 0) is 0 Å². The van der Waals surface area contributed by atoms with E-state index in [-0.39, 0.29) is 8.97 Å². The predicted molar refractivity (Wildman–Crippen MR) is 89.5 cm³/mol. The third-order valence-corrected chi connectivity index (χ3v) is 7.67. The van der Waals surface area contributed by atoms with Gasteiger partial charge < -0.3 is 0 Å². The topological polar surface area (TPSA) is 0 Å². The third kappa shape index (κ3) is 4.92. The molecule has 0 aliphatic carbocycles. The van der Waals surface area contributed by atoms with Crippen LogP contribution in [0.15, 0.2) is 8.97 Å². The molecular weight excluding hydrogens is 551 g/mol. The van der Waals surface area contributed by atoms with Gasteiger partial charge in [-0.05, 0) is 31.9 Å². The van der Waals surface area contributed by atoms with E-state index in [0.29, 0.717) is 0 Å². The second-order valence-corrected chi connectivity index (χ2v) is 11.4. The van der Waals surface area contributed by atoms with E-state index in [1.807, 2.05) is 0 Å². The van der Waals surface area contributed by atoms with Gasteiger partial charge in [0.05, 0.1) is 5.03 Å². The summed E-state index contributed by atoms with van der Waals surface area (Å²) in [7, 11) is 0. The van der Waals surface area contributed by atoms with Crippen molar-refractivity contribution in [3.05, 3.63) is 8.97 Å². The Morgan fingerprint density at radius 1 is 0.941 bits per heavy atom. The molecule has 0 aromatic heterocycles. The maximum Gasteiger partial charge on any atom is 0.191 e. The van der Waals surface area contributed by atoms with E-state index >= 15 is 0 Å². The molecule has 0 spiro atoms. The van der Waals surface area contributed by atoms with Gasteiger partial charge in [0.25, 0.3) is 0 Å². The molecule has 0 rings (SSSR count). The fourth-order valence-corrected chi connectivity index (χ4v) is 4.00. The third-order valence-electron chi connectivity index (χ3n) is 1.47. The summed E-state index contributed by atoms with van der Waals surface area (Å²) in [5.41, 5.74) is 0. The molecular formula is C6HBr2Cl9. The molecule has 0 fully saturated rings. The van der Waals surface area contributed by atoms with Gasteiger partial charge in [-0.1, -0.05) is 92.8 Å². The minimum Gasteiger partial charge on any atom is -0.115 e. The molecule has 0 aliphatic rings. The Hall–Kier alpha value is 3.31. The standard InChI is InChI=1S/C6HBr2Cl9/c7-2(10)1(9)4(12,13)5(14,15)3(11)6(8,16)17/h3H. The molecule has 0 amide bonds. The fourth-order valence-electron chi connectivity index (χ4n) is 0.630. The normalized spacial score (nSPS) is 17.8. The van der Waals surface area contributed by atoms with E-state index in [0.717, 1.165) is 0 Å². The number of alkyl halides is 8. The van der Waals surface area contributed by atoms with Crippen LogP contribution in [0.3, 0.4) is 0 Å². The Balaban J connectivity index is 5.54. The molecule has 0 aromatic rings. The lowest BCUT2D eigenvalue weighted by atomic mass is 10.2. The van der Waals surface area contributed by atoms with Crippen LogP contribution in [0.4, 0.5) is 0 Å². The van der Waals surface area contributed by atoms with Gasteiger partial charge in [0.1, 0.15) is 9.32 Å². The lowest BCUT2D eigenvalue weighted by molar-refractivity contribution is 0.695. The van der Waals surface area contributed by atoms with Crippen LogP contribution >= 0.6 is 136 Å². The maximum absolute atomic E-state index is 5.97. The summed E-state index contributed by atoms with van der Waals surface area (Å²) in [5.74, 6) is 0. The largest absolute Gasteiger partial charge is 0.191 e. The molecule has 0 heterocycles. The van der Waals surface area contributed by atoms with E-state index in [1.54, 1.807) is 0 Å². The SMILES string of the molecule is ClC(Br)=C(Cl)C(Cl)(Cl)C(Cl)(Cl)C(Cl)C(Cl)(Cl)Br. The van der Waals surface area contributed by atoms with E-state index in [1.165, 1.54) is 0 Å². The van der Waals surface area contributed by atoms with Crippen molar-refractivity contribution in [2.24, 2.45) is 0 Å². The zero-order chi connectivity index (χ0) is 14.2. The molecule has 1 unspecified atom stereocenters. The van der Waals surface area contributed by atoms with Crippen molar-refractivity contribution in [1.29, 1.82) is 0 Å².